The predicted molar refractivity (Wildman–Crippen MR) is 107 cm³/mol. The monoisotopic (exact) mass is 373 g/mol. The van der Waals surface area contributed by atoms with Crippen molar-refractivity contribution in [2.45, 2.75) is 50.6 Å². The van der Waals surface area contributed by atoms with Crippen LogP contribution in [0.5, 0.6) is 0 Å². The van der Waals surface area contributed by atoms with Gasteiger partial charge < -0.3 is 25.0 Å². The van der Waals surface area contributed by atoms with E-state index in [1.165, 1.54) is 38.8 Å². The Hall–Kier alpha value is -1.79. The van der Waals surface area contributed by atoms with Gasteiger partial charge in [-0.3, -0.25) is 0 Å². The normalized spacial score (nSPS) is 21.3. The predicted octanol–water partition coefficient (Wildman–Crippen LogP) is 3.04. The molecular formula is C21H31N3O3. The molecular weight excluding hydrogens is 342 g/mol. The number of likely N-dealkylation sites (tertiary alicyclic amines) is 1. The first-order valence-electron chi connectivity index (χ1n) is 10.4. The van der Waals surface area contributed by atoms with Crippen LogP contribution in [0.1, 0.15) is 48.9 Å². The van der Waals surface area contributed by atoms with Gasteiger partial charge in [-0.05, 0) is 69.8 Å². The summed E-state index contributed by atoms with van der Waals surface area (Å²) in [5.74, 6) is -0.869. The lowest BCUT2D eigenvalue weighted by molar-refractivity contribution is 0.0697. The SMILES string of the molecule is O=C(O)c1ccc(N(CCN2CCCC2)C2CC2)cc1NC1CCOCC1. The van der Waals surface area contributed by atoms with E-state index in [4.69, 9.17) is 4.74 Å². The van der Waals surface area contributed by atoms with E-state index in [1.54, 1.807) is 6.07 Å². The summed E-state index contributed by atoms with van der Waals surface area (Å²) in [7, 11) is 0. The minimum atomic E-state index is -0.869. The molecule has 6 nitrogen and oxygen atoms in total. The van der Waals surface area contributed by atoms with E-state index in [-0.39, 0.29) is 6.04 Å². The van der Waals surface area contributed by atoms with Gasteiger partial charge in [0.1, 0.15) is 0 Å². The van der Waals surface area contributed by atoms with Crippen molar-refractivity contribution >= 4 is 17.3 Å². The molecule has 0 radical (unpaired) electrons. The Bertz CT molecular complexity index is 650. The van der Waals surface area contributed by atoms with Crippen molar-refractivity contribution in [1.29, 1.82) is 0 Å². The number of anilines is 2. The van der Waals surface area contributed by atoms with Crippen LogP contribution >= 0.6 is 0 Å². The molecule has 2 aliphatic heterocycles. The topological polar surface area (TPSA) is 65.0 Å². The summed E-state index contributed by atoms with van der Waals surface area (Å²) in [6, 6.07) is 6.71. The molecule has 0 spiro atoms. The molecule has 4 rings (SSSR count). The molecule has 2 heterocycles. The molecule has 0 bridgehead atoms. The van der Waals surface area contributed by atoms with Crippen molar-refractivity contribution in [2.75, 3.05) is 49.6 Å². The standard InChI is InChI=1S/C21H31N3O3/c25-21(26)19-6-5-18(15-20(19)22-16-7-13-27-14-8-16)24(17-3-4-17)12-11-23-9-1-2-10-23/h5-6,15-17,22H,1-4,7-14H2,(H,25,26). The summed E-state index contributed by atoms with van der Waals surface area (Å²) < 4.78 is 5.43. The van der Waals surface area contributed by atoms with Crippen molar-refractivity contribution < 1.29 is 14.6 Å². The maximum Gasteiger partial charge on any atom is 0.337 e. The quantitative estimate of drug-likeness (QED) is 0.730. The van der Waals surface area contributed by atoms with Crippen molar-refractivity contribution in [3.63, 3.8) is 0 Å². The van der Waals surface area contributed by atoms with Crippen LogP contribution in [-0.4, -0.2) is 67.5 Å². The van der Waals surface area contributed by atoms with Gasteiger partial charge in [0, 0.05) is 44.1 Å². The van der Waals surface area contributed by atoms with E-state index in [2.05, 4.69) is 21.2 Å². The Morgan fingerprint density at radius 3 is 2.59 bits per heavy atom. The summed E-state index contributed by atoms with van der Waals surface area (Å²) in [5.41, 5.74) is 2.26. The number of aromatic carboxylic acids is 1. The van der Waals surface area contributed by atoms with Crippen molar-refractivity contribution in [2.24, 2.45) is 0 Å². The number of nitrogens with zero attached hydrogens (tertiary/aromatic N) is 2. The zero-order valence-corrected chi connectivity index (χ0v) is 16.0. The van der Waals surface area contributed by atoms with E-state index >= 15 is 0 Å². The number of hydrogen-bond acceptors (Lipinski definition) is 5. The largest absolute Gasteiger partial charge is 0.478 e. The number of hydrogen-bond donors (Lipinski definition) is 2. The molecule has 2 N–H and O–H groups in total. The number of benzene rings is 1. The fraction of sp³-hybridized carbons (Fsp3) is 0.667. The molecule has 0 unspecified atom stereocenters. The molecule has 1 aromatic carbocycles. The maximum atomic E-state index is 11.7. The fourth-order valence-electron chi connectivity index (χ4n) is 4.24. The number of carbonyl (C=O) groups is 1. The Morgan fingerprint density at radius 1 is 1.19 bits per heavy atom. The molecule has 1 saturated carbocycles. The number of ether oxygens (including phenoxy) is 1. The van der Waals surface area contributed by atoms with Gasteiger partial charge >= 0.3 is 5.97 Å². The van der Waals surface area contributed by atoms with Gasteiger partial charge in [0.15, 0.2) is 0 Å². The van der Waals surface area contributed by atoms with Gasteiger partial charge in [0.05, 0.1) is 11.3 Å². The van der Waals surface area contributed by atoms with E-state index in [0.29, 0.717) is 11.6 Å². The second-order valence-electron chi connectivity index (χ2n) is 8.04. The van der Waals surface area contributed by atoms with Crippen LogP contribution in [0.4, 0.5) is 11.4 Å². The van der Waals surface area contributed by atoms with E-state index < -0.39 is 5.97 Å². The molecule has 3 aliphatic rings. The van der Waals surface area contributed by atoms with Crippen LogP contribution < -0.4 is 10.2 Å². The number of nitrogens with one attached hydrogen (secondary N) is 1. The highest BCUT2D eigenvalue weighted by Gasteiger charge is 2.30. The molecule has 27 heavy (non-hydrogen) atoms. The molecule has 1 aromatic rings. The van der Waals surface area contributed by atoms with Crippen molar-refractivity contribution in [3.05, 3.63) is 23.8 Å². The number of rotatable bonds is 8. The summed E-state index contributed by atoms with van der Waals surface area (Å²) >= 11 is 0. The minimum absolute atomic E-state index is 0.283. The van der Waals surface area contributed by atoms with Crippen molar-refractivity contribution in [3.8, 4) is 0 Å². The van der Waals surface area contributed by atoms with Gasteiger partial charge in [-0.2, -0.15) is 0 Å². The Labute approximate surface area is 161 Å². The zero-order chi connectivity index (χ0) is 18.6. The van der Waals surface area contributed by atoms with E-state index in [1.807, 2.05) is 6.07 Å². The number of carboxylic acids is 1. The summed E-state index contributed by atoms with van der Waals surface area (Å²) in [4.78, 5) is 16.7. The lowest BCUT2D eigenvalue weighted by atomic mass is 10.1. The third-order valence-corrected chi connectivity index (χ3v) is 5.99. The van der Waals surface area contributed by atoms with Crippen LogP contribution in [0, 0.1) is 0 Å². The lowest BCUT2D eigenvalue weighted by Gasteiger charge is -2.29. The third kappa shape index (κ3) is 4.74. The molecule has 2 saturated heterocycles. The molecule has 6 heteroatoms. The molecule has 0 aromatic heterocycles. The Morgan fingerprint density at radius 2 is 1.93 bits per heavy atom. The third-order valence-electron chi connectivity index (χ3n) is 5.99. The fourth-order valence-corrected chi connectivity index (χ4v) is 4.24. The number of carboxylic acid groups (broad SMARTS) is 1. The second-order valence-corrected chi connectivity index (χ2v) is 8.04. The molecule has 0 atom stereocenters. The smallest absolute Gasteiger partial charge is 0.337 e. The van der Waals surface area contributed by atoms with Crippen LogP contribution in [0.25, 0.3) is 0 Å². The summed E-state index contributed by atoms with van der Waals surface area (Å²) in [5, 5.41) is 13.1. The average Bonchev–Trinajstić information content (AvgIpc) is 3.37. The zero-order valence-electron chi connectivity index (χ0n) is 16.0. The van der Waals surface area contributed by atoms with E-state index in [0.717, 1.165) is 50.5 Å². The Kier molecular flexibility index (Phi) is 5.83. The highest BCUT2D eigenvalue weighted by Crippen LogP contribution is 2.34. The summed E-state index contributed by atoms with van der Waals surface area (Å²) in [6.07, 6.45) is 6.95. The van der Waals surface area contributed by atoms with Crippen LogP contribution in [-0.2, 0) is 4.74 Å². The first-order chi connectivity index (χ1) is 13.2. The van der Waals surface area contributed by atoms with Gasteiger partial charge in [-0.1, -0.05) is 0 Å². The molecule has 1 aliphatic carbocycles. The Balaban J connectivity index is 1.51. The molecule has 148 valence electrons. The highest BCUT2D eigenvalue weighted by atomic mass is 16.5. The van der Waals surface area contributed by atoms with E-state index in [9.17, 15) is 9.90 Å². The highest BCUT2D eigenvalue weighted by molar-refractivity contribution is 5.95. The van der Waals surface area contributed by atoms with Crippen LogP contribution in [0.2, 0.25) is 0 Å². The van der Waals surface area contributed by atoms with Gasteiger partial charge in [-0.15, -0.1) is 0 Å². The molecule has 0 amide bonds. The van der Waals surface area contributed by atoms with Gasteiger partial charge in [0.2, 0.25) is 0 Å². The summed E-state index contributed by atoms with van der Waals surface area (Å²) in [6.45, 7) is 6.03. The lowest BCUT2D eigenvalue weighted by Crippen LogP contribution is -2.35. The van der Waals surface area contributed by atoms with Crippen LogP contribution in [0.3, 0.4) is 0 Å². The van der Waals surface area contributed by atoms with Crippen LogP contribution in [0.15, 0.2) is 18.2 Å². The first kappa shape index (κ1) is 18.6. The second kappa shape index (κ2) is 8.48. The maximum absolute atomic E-state index is 11.7. The molecule has 3 fully saturated rings. The van der Waals surface area contributed by atoms with Gasteiger partial charge in [-0.25, -0.2) is 4.79 Å². The first-order valence-corrected chi connectivity index (χ1v) is 10.4. The average molecular weight is 373 g/mol. The van der Waals surface area contributed by atoms with Gasteiger partial charge in [0.25, 0.3) is 0 Å². The van der Waals surface area contributed by atoms with Crippen molar-refractivity contribution in [1.82, 2.24) is 4.90 Å². The minimum Gasteiger partial charge on any atom is -0.478 e.